The van der Waals surface area contributed by atoms with E-state index in [0.717, 1.165) is 81.5 Å². The smallest absolute Gasteiger partial charge is 0.407 e. The van der Waals surface area contributed by atoms with Crippen LogP contribution in [-0.2, 0) is 28.5 Å². The fourth-order valence-electron chi connectivity index (χ4n) is 10.8. The first-order valence-electron chi connectivity index (χ1n) is 23.5. The number of rotatable bonds is 11. The number of nitrogens with zero attached hydrogens (tertiary/aromatic N) is 4. The molecule has 4 fully saturated rings. The van der Waals surface area contributed by atoms with E-state index in [4.69, 9.17) is 28.9 Å². The lowest BCUT2D eigenvalue weighted by molar-refractivity contribution is -0.139. The molecule has 0 unspecified atom stereocenters. The van der Waals surface area contributed by atoms with Crippen LogP contribution in [0, 0.1) is 11.8 Å². The number of likely N-dealkylation sites (tertiary alicyclic amines) is 2. The molecule has 0 bridgehead atoms. The molecule has 0 aliphatic carbocycles. The summed E-state index contributed by atoms with van der Waals surface area (Å²) < 4.78 is 20.9. The molecule has 5 aliphatic heterocycles. The Morgan fingerprint density at radius 1 is 0.652 bits per heavy atom. The van der Waals surface area contributed by atoms with E-state index in [2.05, 4.69) is 90.1 Å². The van der Waals surface area contributed by atoms with Gasteiger partial charge in [-0.15, -0.1) is 0 Å². The second-order valence-corrected chi connectivity index (χ2v) is 18.5. The van der Waals surface area contributed by atoms with Gasteiger partial charge in [0.05, 0.1) is 38.2 Å². The number of fused-ring (bicyclic) bond motifs is 1. The van der Waals surface area contributed by atoms with Crippen LogP contribution in [-0.4, -0.2) is 120 Å². The van der Waals surface area contributed by atoms with Crippen LogP contribution in [0.25, 0.3) is 38.7 Å². The van der Waals surface area contributed by atoms with Gasteiger partial charge in [-0.25, -0.2) is 14.6 Å². The number of aliphatic imine (C=N–C) groups is 1. The van der Waals surface area contributed by atoms with Crippen molar-refractivity contribution in [3.63, 3.8) is 0 Å². The Balaban J connectivity index is 0.852. The highest BCUT2D eigenvalue weighted by molar-refractivity contribution is 6.04. The first kappa shape index (κ1) is 45.1. The Morgan fingerprint density at radius 3 is 1.73 bits per heavy atom. The highest BCUT2D eigenvalue weighted by Crippen LogP contribution is 2.39. The van der Waals surface area contributed by atoms with Crippen molar-refractivity contribution in [2.45, 2.75) is 108 Å². The van der Waals surface area contributed by atoms with Gasteiger partial charge in [-0.05, 0) is 128 Å². The number of nitrogens with one attached hydrogen (secondary N) is 3. The molecule has 6 atom stereocenters. The van der Waals surface area contributed by atoms with Crippen LogP contribution in [0.1, 0.15) is 89.1 Å². The summed E-state index contributed by atoms with van der Waals surface area (Å²) in [5.74, 6) is 0.483. The molecule has 3 aromatic carbocycles. The van der Waals surface area contributed by atoms with E-state index in [-0.39, 0.29) is 47.8 Å². The standard InChI is InChI=1S/C51H61N7O8/c1-30-5-15-43(57(30)48(59)45(55-50(61)63-3)34-17-21-65-22-18-34)41-27-40(28-52-41)39-14-13-37-25-36(11-12-38(37)26-39)32-7-9-33(10-8-32)42-29-53-47(54-42)44-16-6-31(2)58(44)49(60)46(56-51(62)64-4)35-19-23-66-24-20-35/h7-14,25-26,28-31,34-35,43-46H,5-6,15-24,27H2,1-4H3,(H,53,54)(H,55,61)(H,56,62)/t30-,31-,43-,44-,45-,46-/m0/s1. The summed E-state index contributed by atoms with van der Waals surface area (Å²) in [6.07, 6.45) is 9.31. The van der Waals surface area contributed by atoms with Crippen molar-refractivity contribution < 1.29 is 38.1 Å². The number of imidazole rings is 1. The third-order valence-corrected chi connectivity index (χ3v) is 14.6. The number of aromatic nitrogens is 2. The average molecular weight is 900 g/mol. The summed E-state index contributed by atoms with van der Waals surface area (Å²) in [6.45, 7) is 6.38. The molecule has 15 nitrogen and oxygen atoms in total. The number of aromatic amines is 1. The van der Waals surface area contributed by atoms with Crippen molar-refractivity contribution in [3.05, 3.63) is 84.4 Å². The van der Waals surface area contributed by atoms with E-state index >= 15 is 0 Å². The number of alkyl carbamates (subject to hydrolysis) is 2. The summed E-state index contributed by atoms with van der Waals surface area (Å²) in [5.41, 5.74) is 7.25. The second kappa shape index (κ2) is 19.8. The Hall–Kier alpha value is -6.06. The van der Waals surface area contributed by atoms with E-state index in [1.165, 1.54) is 14.2 Å². The van der Waals surface area contributed by atoms with E-state index in [1.807, 2.05) is 22.2 Å². The maximum Gasteiger partial charge on any atom is 0.407 e. The molecule has 4 saturated heterocycles. The predicted octanol–water partition coefficient (Wildman–Crippen LogP) is 7.82. The first-order chi connectivity index (χ1) is 32.1. The molecule has 66 heavy (non-hydrogen) atoms. The molecular formula is C51H61N7O8. The van der Waals surface area contributed by atoms with Crippen LogP contribution in [0.4, 0.5) is 9.59 Å². The summed E-state index contributed by atoms with van der Waals surface area (Å²) in [7, 11) is 2.64. The third kappa shape index (κ3) is 9.32. The van der Waals surface area contributed by atoms with Crippen molar-refractivity contribution in [1.82, 2.24) is 30.4 Å². The van der Waals surface area contributed by atoms with Gasteiger partial charge in [0.2, 0.25) is 11.8 Å². The highest BCUT2D eigenvalue weighted by Gasteiger charge is 2.45. The van der Waals surface area contributed by atoms with Gasteiger partial charge in [0.25, 0.3) is 0 Å². The van der Waals surface area contributed by atoms with Crippen molar-refractivity contribution in [1.29, 1.82) is 0 Å². The fourth-order valence-corrected chi connectivity index (χ4v) is 10.8. The molecule has 0 spiro atoms. The SMILES string of the molecule is COC(=O)N[C@H](C(=O)N1[C@@H](C)CC[C@H]1C1=NC=C(c2ccc3cc(-c4ccc(-c5cnc([C@@H]6CC[C@H](C)N6C(=O)[C@@H](NC(=O)OC)C6CCOCC6)[nH]5)cc4)ccc3c2)C1)C1CCOCC1. The maximum atomic E-state index is 14.3. The molecule has 1 aromatic heterocycles. The Kier molecular flexibility index (Phi) is 13.5. The zero-order chi connectivity index (χ0) is 45.9. The Labute approximate surface area is 385 Å². The minimum absolute atomic E-state index is 0.0104. The van der Waals surface area contributed by atoms with Gasteiger partial charge < -0.3 is 44.4 Å². The zero-order valence-corrected chi connectivity index (χ0v) is 38.3. The van der Waals surface area contributed by atoms with Crippen molar-refractivity contribution in [2.24, 2.45) is 16.8 Å². The van der Waals surface area contributed by atoms with E-state index in [0.29, 0.717) is 58.5 Å². The molecule has 15 heteroatoms. The van der Waals surface area contributed by atoms with Crippen molar-refractivity contribution in [3.8, 4) is 22.4 Å². The molecule has 0 radical (unpaired) electrons. The number of H-pyrrole nitrogens is 1. The van der Waals surface area contributed by atoms with E-state index in [1.54, 1.807) is 0 Å². The largest absolute Gasteiger partial charge is 0.453 e. The van der Waals surface area contributed by atoms with Gasteiger partial charge >= 0.3 is 12.2 Å². The minimum Gasteiger partial charge on any atom is -0.453 e. The molecule has 3 N–H and O–H groups in total. The van der Waals surface area contributed by atoms with Crippen molar-refractivity contribution >= 4 is 46.1 Å². The third-order valence-electron chi connectivity index (χ3n) is 14.6. The molecule has 5 aliphatic rings. The van der Waals surface area contributed by atoms with Crippen LogP contribution in [0.15, 0.2) is 78.1 Å². The number of carbonyl (C=O) groups is 4. The molecule has 9 rings (SSSR count). The van der Waals surface area contributed by atoms with Crippen LogP contribution < -0.4 is 10.6 Å². The quantitative estimate of drug-likeness (QED) is 0.136. The number of carbonyl (C=O) groups excluding carboxylic acids is 4. The van der Waals surface area contributed by atoms with E-state index < -0.39 is 24.3 Å². The Bertz CT molecular complexity index is 2490. The zero-order valence-electron chi connectivity index (χ0n) is 38.3. The lowest BCUT2D eigenvalue weighted by Gasteiger charge is -2.36. The van der Waals surface area contributed by atoms with Gasteiger partial charge in [0.1, 0.15) is 17.9 Å². The first-order valence-corrected chi connectivity index (χ1v) is 23.5. The lowest BCUT2D eigenvalue weighted by atomic mass is 9.90. The van der Waals surface area contributed by atoms with Gasteiger partial charge in [0, 0.05) is 56.8 Å². The summed E-state index contributed by atoms with van der Waals surface area (Å²) in [5, 5.41) is 7.96. The summed E-state index contributed by atoms with van der Waals surface area (Å²) in [4.78, 5) is 70.3. The minimum atomic E-state index is -0.699. The number of benzene rings is 3. The molecule has 0 saturated carbocycles. The second-order valence-electron chi connectivity index (χ2n) is 18.5. The summed E-state index contributed by atoms with van der Waals surface area (Å²) in [6, 6.07) is 19.7. The highest BCUT2D eigenvalue weighted by atomic mass is 16.5. The number of methoxy groups -OCH3 is 2. The lowest BCUT2D eigenvalue weighted by Crippen LogP contribution is -2.56. The Morgan fingerprint density at radius 2 is 1.15 bits per heavy atom. The molecule has 4 amide bonds. The number of hydrogen-bond donors (Lipinski definition) is 3. The predicted molar refractivity (Wildman–Crippen MR) is 250 cm³/mol. The maximum absolute atomic E-state index is 14.3. The molecule has 348 valence electrons. The van der Waals surface area contributed by atoms with Gasteiger partial charge in [-0.2, -0.15) is 0 Å². The number of hydrogen-bond acceptors (Lipinski definition) is 10. The van der Waals surface area contributed by atoms with Gasteiger partial charge in [0.15, 0.2) is 0 Å². The summed E-state index contributed by atoms with van der Waals surface area (Å²) >= 11 is 0. The van der Waals surface area contributed by atoms with Crippen LogP contribution in [0.3, 0.4) is 0 Å². The van der Waals surface area contributed by atoms with Crippen LogP contribution in [0.5, 0.6) is 0 Å². The van der Waals surface area contributed by atoms with Crippen LogP contribution >= 0.6 is 0 Å². The number of allylic oxidation sites excluding steroid dienone is 1. The number of amides is 4. The van der Waals surface area contributed by atoms with Crippen LogP contribution in [0.2, 0.25) is 0 Å². The van der Waals surface area contributed by atoms with Gasteiger partial charge in [-0.1, -0.05) is 48.5 Å². The monoisotopic (exact) mass is 899 g/mol. The van der Waals surface area contributed by atoms with E-state index in [9.17, 15) is 19.2 Å². The van der Waals surface area contributed by atoms with Gasteiger partial charge in [-0.3, -0.25) is 14.6 Å². The molecular weight excluding hydrogens is 839 g/mol. The molecule has 4 aromatic rings. The fraction of sp³-hybridized carbons (Fsp3) is 0.490. The van der Waals surface area contributed by atoms with Crippen molar-refractivity contribution in [2.75, 3.05) is 40.6 Å². The normalized spacial score (nSPS) is 23.6. The number of ether oxygens (including phenoxy) is 4. The molecule has 6 heterocycles. The topological polar surface area (TPSA) is 177 Å². The average Bonchev–Trinajstić information content (AvgIpc) is 4.19.